The van der Waals surface area contributed by atoms with Crippen LogP contribution in [0.2, 0.25) is 0 Å². The third-order valence-electron chi connectivity index (χ3n) is 5.67. The lowest BCUT2D eigenvalue weighted by molar-refractivity contribution is -0.386. The number of pyridine rings is 1. The molecule has 1 aromatic carbocycles. The Bertz CT molecular complexity index is 972. The van der Waals surface area contributed by atoms with Gasteiger partial charge in [0.1, 0.15) is 11.6 Å². The van der Waals surface area contributed by atoms with Gasteiger partial charge in [-0.05, 0) is 50.8 Å². The van der Waals surface area contributed by atoms with E-state index >= 15 is 0 Å². The van der Waals surface area contributed by atoms with E-state index in [2.05, 4.69) is 4.98 Å². The maximum absolute atomic E-state index is 12.3. The number of nitrogens with zero attached hydrogens (tertiary/aromatic N) is 4. The third-order valence-corrected chi connectivity index (χ3v) is 5.67. The molecule has 4 rings (SSSR count). The summed E-state index contributed by atoms with van der Waals surface area (Å²) in [6.45, 7) is 8.40. The van der Waals surface area contributed by atoms with E-state index in [1.54, 1.807) is 6.07 Å². The summed E-state index contributed by atoms with van der Waals surface area (Å²) >= 11 is 0. The highest BCUT2D eigenvalue weighted by atomic mass is 16.6. The Morgan fingerprint density at radius 2 is 1.73 bits per heavy atom. The molecule has 0 spiro atoms. The number of anilines is 1. The van der Waals surface area contributed by atoms with Crippen LogP contribution in [0.4, 0.5) is 11.5 Å². The van der Waals surface area contributed by atoms with Gasteiger partial charge in [0.2, 0.25) is 5.91 Å². The number of carbonyl (C=O) groups excluding carboxylic acids is 1. The fraction of sp³-hybridized carbons (Fsp3) is 0.455. The highest BCUT2D eigenvalue weighted by Crippen LogP contribution is 2.36. The first-order valence-corrected chi connectivity index (χ1v) is 10.3. The molecule has 0 atom stereocenters. The van der Waals surface area contributed by atoms with Gasteiger partial charge >= 0.3 is 11.6 Å². The van der Waals surface area contributed by atoms with Crippen LogP contribution >= 0.6 is 0 Å². The molecular formula is C22H26N4O4. The van der Waals surface area contributed by atoms with Gasteiger partial charge in [-0.25, -0.2) is 0 Å². The van der Waals surface area contributed by atoms with Crippen molar-refractivity contribution in [2.75, 3.05) is 31.1 Å². The Labute approximate surface area is 175 Å². The van der Waals surface area contributed by atoms with E-state index in [-0.39, 0.29) is 23.4 Å². The maximum atomic E-state index is 12.3. The van der Waals surface area contributed by atoms with Gasteiger partial charge in [0, 0.05) is 38.2 Å². The first kappa shape index (κ1) is 20.1. The Morgan fingerprint density at radius 3 is 2.30 bits per heavy atom. The fourth-order valence-electron chi connectivity index (χ4n) is 3.98. The normalized spacial score (nSPS) is 16.5. The van der Waals surface area contributed by atoms with E-state index in [9.17, 15) is 14.9 Å². The second-order valence-corrected chi connectivity index (χ2v) is 8.17. The molecule has 1 aliphatic heterocycles. The maximum Gasteiger partial charge on any atom is 0.331 e. The lowest BCUT2D eigenvalue weighted by Crippen LogP contribution is -2.49. The number of benzene rings is 1. The number of carbonyl (C=O) groups is 1. The zero-order valence-corrected chi connectivity index (χ0v) is 17.6. The first-order chi connectivity index (χ1) is 14.3. The standard InChI is InChI=1S/C22H26N4O4/c1-14-12-15(2)20(16(3)13-14)30-21-18(26(28)29)6-7-19(23-21)24-8-10-25(11-9-24)22(27)17-4-5-17/h6-7,12-13,17H,4-5,8-11H2,1-3H3. The van der Waals surface area contributed by atoms with Crippen molar-refractivity contribution in [3.05, 3.63) is 51.1 Å². The van der Waals surface area contributed by atoms with Gasteiger partial charge in [-0.1, -0.05) is 17.7 Å². The number of aryl methyl sites for hydroxylation is 3. The molecule has 2 aliphatic rings. The van der Waals surface area contributed by atoms with E-state index in [0.717, 1.165) is 29.5 Å². The SMILES string of the molecule is Cc1cc(C)c(Oc2nc(N3CCN(C(=O)C4CC4)CC3)ccc2[N+](=O)[O-])c(C)c1. The zero-order chi connectivity index (χ0) is 21.4. The van der Waals surface area contributed by atoms with Crippen LogP contribution in [0.25, 0.3) is 0 Å². The van der Waals surface area contributed by atoms with Crippen molar-refractivity contribution >= 4 is 17.4 Å². The predicted molar refractivity (Wildman–Crippen MR) is 113 cm³/mol. The van der Waals surface area contributed by atoms with Crippen LogP contribution < -0.4 is 9.64 Å². The van der Waals surface area contributed by atoms with Crippen LogP contribution in [0.15, 0.2) is 24.3 Å². The number of amides is 1. The molecule has 1 aromatic heterocycles. The quantitative estimate of drug-likeness (QED) is 0.551. The van der Waals surface area contributed by atoms with Gasteiger partial charge in [0.25, 0.3) is 0 Å². The Balaban J connectivity index is 1.56. The monoisotopic (exact) mass is 410 g/mol. The molecule has 0 bridgehead atoms. The van der Waals surface area contributed by atoms with Gasteiger partial charge < -0.3 is 14.5 Å². The summed E-state index contributed by atoms with van der Waals surface area (Å²) in [4.78, 5) is 31.8. The second-order valence-electron chi connectivity index (χ2n) is 8.17. The average molecular weight is 410 g/mol. The molecule has 1 saturated carbocycles. The number of aromatic nitrogens is 1. The van der Waals surface area contributed by atoms with E-state index in [4.69, 9.17) is 4.74 Å². The number of hydrogen-bond donors (Lipinski definition) is 0. The summed E-state index contributed by atoms with van der Waals surface area (Å²) in [6, 6.07) is 7.05. The van der Waals surface area contributed by atoms with Crippen molar-refractivity contribution in [1.29, 1.82) is 0 Å². The lowest BCUT2D eigenvalue weighted by Gasteiger charge is -2.35. The molecule has 1 aliphatic carbocycles. The van der Waals surface area contributed by atoms with Crippen molar-refractivity contribution in [3.8, 4) is 11.6 Å². The molecule has 1 amide bonds. The summed E-state index contributed by atoms with van der Waals surface area (Å²) in [5, 5.41) is 11.5. The summed E-state index contributed by atoms with van der Waals surface area (Å²) in [6.07, 6.45) is 2.00. The van der Waals surface area contributed by atoms with Crippen LogP contribution in [0.1, 0.15) is 29.5 Å². The van der Waals surface area contributed by atoms with E-state index in [1.807, 2.05) is 42.7 Å². The minimum absolute atomic E-state index is 0.0101. The molecule has 8 heteroatoms. The minimum atomic E-state index is -0.475. The molecule has 0 N–H and O–H groups in total. The second kappa shape index (κ2) is 7.93. The predicted octanol–water partition coefficient (Wildman–Crippen LogP) is 3.77. The van der Waals surface area contributed by atoms with Crippen molar-refractivity contribution in [2.45, 2.75) is 33.6 Å². The molecule has 2 heterocycles. The molecule has 30 heavy (non-hydrogen) atoms. The van der Waals surface area contributed by atoms with Crippen LogP contribution in [0, 0.1) is 36.8 Å². The summed E-state index contributed by atoms with van der Waals surface area (Å²) in [5.41, 5.74) is 2.75. The number of nitro groups is 1. The molecule has 0 unspecified atom stereocenters. The summed E-state index contributed by atoms with van der Waals surface area (Å²) in [5.74, 6) is 1.67. The Hall–Kier alpha value is -3.16. The van der Waals surface area contributed by atoms with Crippen molar-refractivity contribution < 1.29 is 14.5 Å². The van der Waals surface area contributed by atoms with Crippen molar-refractivity contribution in [2.24, 2.45) is 5.92 Å². The van der Waals surface area contributed by atoms with E-state index < -0.39 is 4.92 Å². The van der Waals surface area contributed by atoms with E-state index in [0.29, 0.717) is 37.7 Å². The van der Waals surface area contributed by atoms with Gasteiger partial charge in [-0.2, -0.15) is 4.98 Å². The summed E-state index contributed by atoms with van der Waals surface area (Å²) in [7, 11) is 0. The molecule has 2 aromatic rings. The van der Waals surface area contributed by atoms with Crippen molar-refractivity contribution in [1.82, 2.24) is 9.88 Å². The highest BCUT2D eigenvalue weighted by Gasteiger charge is 2.35. The number of rotatable bonds is 5. The molecule has 1 saturated heterocycles. The highest BCUT2D eigenvalue weighted by molar-refractivity contribution is 5.81. The molecule has 158 valence electrons. The first-order valence-electron chi connectivity index (χ1n) is 10.3. The molecule has 0 radical (unpaired) electrons. The van der Waals surface area contributed by atoms with Crippen molar-refractivity contribution in [3.63, 3.8) is 0 Å². The molecular weight excluding hydrogens is 384 g/mol. The van der Waals surface area contributed by atoms with Crippen LogP contribution in [0.3, 0.4) is 0 Å². The van der Waals surface area contributed by atoms with Gasteiger partial charge in [0.15, 0.2) is 0 Å². The van der Waals surface area contributed by atoms with Crippen LogP contribution in [-0.4, -0.2) is 46.9 Å². The summed E-state index contributed by atoms with van der Waals surface area (Å²) < 4.78 is 5.97. The largest absolute Gasteiger partial charge is 0.433 e. The lowest BCUT2D eigenvalue weighted by atomic mass is 10.1. The topological polar surface area (TPSA) is 88.8 Å². The Kier molecular flexibility index (Phi) is 5.32. The zero-order valence-electron chi connectivity index (χ0n) is 17.6. The van der Waals surface area contributed by atoms with Crippen LogP contribution in [0.5, 0.6) is 11.6 Å². The van der Waals surface area contributed by atoms with Gasteiger partial charge in [-0.15, -0.1) is 0 Å². The number of hydrogen-bond acceptors (Lipinski definition) is 6. The number of piperazine rings is 1. The number of ether oxygens (including phenoxy) is 1. The minimum Gasteiger partial charge on any atom is -0.433 e. The Morgan fingerprint density at radius 1 is 1.10 bits per heavy atom. The molecule has 8 nitrogen and oxygen atoms in total. The van der Waals surface area contributed by atoms with Gasteiger partial charge in [-0.3, -0.25) is 14.9 Å². The fourth-order valence-corrected chi connectivity index (χ4v) is 3.98. The smallest absolute Gasteiger partial charge is 0.331 e. The molecule has 2 fully saturated rings. The third kappa shape index (κ3) is 4.08. The van der Waals surface area contributed by atoms with Gasteiger partial charge in [0.05, 0.1) is 4.92 Å². The van der Waals surface area contributed by atoms with Crippen LogP contribution in [-0.2, 0) is 4.79 Å². The van der Waals surface area contributed by atoms with E-state index in [1.165, 1.54) is 6.07 Å². The average Bonchev–Trinajstić information content (AvgIpc) is 3.55.